The van der Waals surface area contributed by atoms with Gasteiger partial charge < -0.3 is 0 Å². The van der Waals surface area contributed by atoms with Crippen molar-refractivity contribution in [3.63, 3.8) is 0 Å². The van der Waals surface area contributed by atoms with E-state index in [1.54, 1.807) is 24.3 Å². The smallest absolute Gasteiger partial charge is 0.269 e. The molecule has 116 valence electrons. The van der Waals surface area contributed by atoms with E-state index in [9.17, 15) is 25.9 Å². The van der Waals surface area contributed by atoms with Crippen molar-refractivity contribution in [2.45, 2.75) is 0 Å². The number of anilines is 2. The first-order valence-corrected chi connectivity index (χ1v) is 8.73. The molecule has 10 heteroatoms. The van der Waals surface area contributed by atoms with Gasteiger partial charge in [-0.1, -0.05) is 24.3 Å². The normalized spacial score (nSPS) is 16.6. The lowest BCUT2D eigenvalue weighted by atomic mass is 10.1. The molecular weight excluding hydrogens is 332 g/mol. The van der Waals surface area contributed by atoms with E-state index in [0.717, 1.165) is 12.4 Å². The Kier molecular flexibility index (Phi) is 3.14. The zero-order chi connectivity index (χ0) is 16.1. The molecule has 1 aromatic rings. The molecule has 0 atom stereocenters. The molecule has 1 aromatic carbocycles. The molecule has 22 heavy (non-hydrogen) atoms. The van der Waals surface area contributed by atoms with Crippen LogP contribution in [0.4, 0.5) is 11.4 Å². The third-order valence-electron chi connectivity index (χ3n) is 3.15. The summed E-state index contributed by atoms with van der Waals surface area (Å²) in [6.07, 6.45) is 8.05. The van der Waals surface area contributed by atoms with Crippen molar-refractivity contribution in [3.8, 4) is 0 Å². The van der Waals surface area contributed by atoms with E-state index in [-0.39, 0.29) is 11.4 Å². The summed E-state index contributed by atoms with van der Waals surface area (Å²) >= 11 is 0. The fourth-order valence-electron chi connectivity index (χ4n) is 2.33. The van der Waals surface area contributed by atoms with Crippen LogP contribution in [0.5, 0.6) is 0 Å². The summed E-state index contributed by atoms with van der Waals surface area (Å²) in [4.78, 5) is 0. The number of hydrogen-bond acceptors (Lipinski definition) is 4. The van der Waals surface area contributed by atoms with E-state index >= 15 is 0 Å². The van der Waals surface area contributed by atoms with E-state index in [1.165, 1.54) is 12.2 Å². The standard InChI is InChI=1S/C12H10N2O6S2/c15-21(16,17)13-7-1-3-9-5-6-10-4-2-8-14(22(18,19)20)12(10)11(9)13/h1-8H,(H,15,16,17)(H,18,19,20). The highest BCUT2D eigenvalue weighted by Crippen LogP contribution is 2.29. The average molecular weight is 342 g/mol. The van der Waals surface area contributed by atoms with Gasteiger partial charge in [0.05, 0.1) is 11.4 Å². The van der Waals surface area contributed by atoms with Crippen LogP contribution in [0.3, 0.4) is 0 Å². The Labute approximate surface area is 126 Å². The van der Waals surface area contributed by atoms with Crippen molar-refractivity contribution in [3.05, 3.63) is 47.1 Å². The van der Waals surface area contributed by atoms with Crippen LogP contribution in [-0.2, 0) is 20.6 Å². The summed E-state index contributed by atoms with van der Waals surface area (Å²) in [7, 11) is -9.31. The predicted octanol–water partition coefficient (Wildman–Crippen LogP) is -0.479. The highest BCUT2D eigenvalue weighted by molar-refractivity contribution is 7.88. The topological polar surface area (TPSA) is 115 Å². The summed E-state index contributed by atoms with van der Waals surface area (Å²) in [6, 6.07) is 3.15. The van der Waals surface area contributed by atoms with Crippen LogP contribution in [0, 0.1) is 0 Å². The van der Waals surface area contributed by atoms with Crippen LogP contribution in [-0.4, -0.2) is 25.9 Å². The fraction of sp³-hybridized carbons (Fsp3) is 0. The van der Waals surface area contributed by atoms with Crippen molar-refractivity contribution in [1.29, 1.82) is 0 Å². The summed E-state index contributed by atoms with van der Waals surface area (Å²) in [5.74, 6) is 0. The Bertz CT molecular complexity index is 953. The molecule has 3 rings (SSSR count). The van der Waals surface area contributed by atoms with Crippen molar-refractivity contribution in [1.82, 2.24) is 0 Å². The number of fused-ring (bicyclic) bond motifs is 3. The Morgan fingerprint density at radius 2 is 1.09 bits per heavy atom. The third-order valence-corrected chi connectivity index (χ3v) is 4.75. The molecule has 0 radical (unpaired) electrons. The van der Waals surface area contributed by atoms with Crippen molar-refractivity contribution < 1.29 is 25.9 Å². The molecule has 0 saturated carbocycles. The van der Waals surface area contributed by atoms with Gasteiger partial charge in [-0.15, -0.1) is 0 Å². The lowest BCUT2D eigenvalue weighted by molar-refractivity contribution is 0.479. The van der Waals surface area contributed by atoms with Gasteiger partial charge in [-0.25, -0.2) is 8.61 Å². The minimum Gasteiger partial charge on any atom is -0.269 e. The van der Waals surface area contributed by atoms with Crippen LogP contribution < -0.4 is 19.0 Å². The maximum atomic E-state index is 11.5. The largest absolute Gasteiger partial charge is 0.363 e. The zero-order valence-electron chi connectivity index (χ0n) is 10.9. The molecule has 2 aliphatic rings. The van der Waals surface area contributed by atoms with Gasteiger partial charge in [0.1, 0.15) is 0 Å². The second-order valence-corrected chi connectivity index (χ2v) is 7.08. The number of nitrogens with zero attached hydrogens (tertiary/aromatic N) is 2. The molecule has 0 unspecified atom stereocenters. The monoisotopic (exact) mass is 342 g/mol. The van der Waals surface area contributed by atoms with Crippen molar-refractivity contribution in [2.24, 2.45) is 0 Å². The average Bonchev–Trinajstić information content (AvgIpc) is 2.43. The van der Waals surface area contributed by atoms with Crippen molar-refractivity contribution in [2.75, 3.05) is 8.61 Å². The predicted molar refractivity (Wildman–Crippen MR) is 81.0 cm³/mol. The van der Waals surface area contributed by atoms with Gasteiger partial charge >= 0.3 is 20.6 Å². The van der Waals surface area contributed by atoms with Crippen LogP contribution in [0.15, 0.2) is 36.7 Å². The summed E-state index contributed by atoms with van der Waals surface area (Å²) in [5, 5.41) is 0.743. The minimum atomic E-state index is -4.66. The molecule has 0 saturated heterocycles. The van der Waals surface area contributed by atoms with Gasteiger partial charge in [0.25, 0.3) is 0 Å². The van der Waals surface area contributed by atoms with Gasteiger partial charge in [-0.3, -0.25) is 9.11 Å². The summed E-state index contributed by atoms with van der Waals surface area (Å²) < 4.78 is 66.0. The number of benzene rings is 1. The van der Waals surface area contributed by atoms with Gasteiger partial charge in [0.15, 0.2) is 0 Å². The molecule has 0 amide bonds. The van der Waals surface area contributed by atoms with Crippen LogP contribution in [0.25, 0.3) is 12.2 Å². The summed E-state index contributed by atoms with van der Waals surface area (Å²) in [5.41, 5.74) is -0.138. The third kappa shape index (κ3) is 2.31. The van der Waals surface area contributed by atoms with E-state index in [0.29, 0.717) is 19.0 Å². The molecule has 0 spiro atoms. The Morgan fingerprint density at radius 1 is 0.727 bits per heavy atom. The second kappa shape index (κ2) is 4.68. The lowest BCUT2D eigenvalue weighted by Crippen LogP contribution is -2.38. The Balaban J connectivity index is 2.44. The first kappa shape index (κ1) is 14.8. The SMILES string of the molecule is O=S(=O)(O)N1C=CC=c2ccc3c(c21)N(S(=O)(=O)O)C=CC=3. The van der Waals surface area contributed by atoms with E-state index in [4.69, 9.17) is 0 Å². The molecule has 2 heterocycles. The quantitative estimate of drug-likeness (QED) is 0.702. The van der Waals surface area contributed by atoms with Crippen molar-refractivity contribution >= 4 is 44.1 Å². The zero-order valence-corrected chi connectivity index (χ0v) is 12.5. The van der Waals surface area contributed by atoms with Gasteiger partial charge in [0.2, 0.25) is 0 Å². The molecule has 0 aliphatic carbocycles. The Hall–Kier alpha value is -2.14. The van der Waals surface area contributed by atoms with Gasteiger partial charge in [-0.2, -0.15) is 16.8 Å². The van der Waals surface area contributed by atoms with Gasteiger partial charge in [-0.05, 0) is 12.2 Å². The first-order valence-electron chi connectivity index (χ1n) is 5.93. The molecule has 2 aliphatic heterocycles. The molecule has 0 aromatic heterocycles. The molecular formula is C12H10N2O6S2. The van der Waals surface area contributed by atoms with Crippen LogP contribution >= 0.6 is 0 Å². The molecule has 0 bridgehead atoms. The highest BCUT2D eigenvalue weighted by atomic mass is 32.2. The maximum Gasteiger partial charge on any atom is 0.363 e. The van der Waals surface area contributed by atoms with E-state index in [2.05, 4.69) is 0 Å². The van der Waals surface area contributed by atoms with E-state index in [1.807, 2.05) is 0 Å². The first-order chi connectivity index (χ1) is 10.2. The maximum absolute atomic E-state index is 11.5. The minimum absolute atomic E-state index is 0.0688. The van der Waals surface area contributed by atoms with Gasteiger partial charge in [0, 0.05) is 22.8 Å². The molecule has 2 N–H and O–H groups in total. The number of rotatable bonds is 2. The fourth-order valence-corrected chi connectivity index (χ4v) is 3.62. The summed E-state index contributed by atoms with van der Waals surface area (Å²) in [6.45, 7) is 0. The van der Waals surface area contributed by atoms with Crippen LogP contribution in [0.1, 0.15) is 0 Å². The van der Waals surface area contributed by atoms with E-state index < -0.39 is 20.6 Å². The second-order valence-electron chi connectivity index (χ2n) is 4.50. The number of hydrogen-bond donors (Lipinski definition) is 2. The molecule has 8 nitrogen and oxygen atoms in total. The number of allylic oxidation sites excluding steroid dienone is 2. The van der Waals surface area contributed by atoms with Crippen LogP contribution in [0.2, 0.25) is 0 Å². The Morgan fingerprint density at radius 3 is 1.41 bits per heavy atom. The highest BCUT2D eigenvalue weighted by Gasteiger charge is 2.30. The molecule has 0 fully saturated rings. The lowest BCUT2D eigenvalue weighted by Gasteiger charge is -2.28.